The Labute approximate surface area is 217 Å². The van der Waals surface area contributed by atoms with Crippen molar-refractivity contribution >= 4 is 12.1 Å². The molecule has 5 aromatic rings. The van der Waals surface area contributed by atoms with Gasteiger partial charge in [-0.25, -0.2) is 4.99 Å². The molecule has 0 fully saturated rings. The summed E-state index contributed by atoms with van der Waals surface area (Å²) >= 11 is 0. The molecular formula is C33H26N2O2. The van der Waals surface area contributed by atoms with Gasteiger partial charge in [0.1, 0.15) is 29.7 Å². The Hall–Kier alpha value is -4.88. The second kappa shape index (κ2) is 10.8. The molecule has 0 spiro atoms. The van der Waals surface area contributed by atoms with E-state index in [0.29, 0.717) is 17.9 Å². The maximum Gasteiger partial charge on any atom is 0.238 e. The lowest BCUT2D eigenvalue weighted by Crippen LogP contribution is -1.95. The molecule has 1 aromatic heterocycles. The second-order valence-corrected chi connectivity index (χ2v) is 8.94. The van der Waals surface area contributed by atoms with Gasteiger partial charge in [-0.1, -0.05) is 102 Å². The van der Waals surface area contributed by atoms with Crippen molar-refractivity contribution in [2.24, 2.45) is 4.99 Å². The maximum atomic E-state index is 10.1. The van der Waals surface area contributed by atoms with E-state index < -0.39 is 0 Å². The Kier molecular flexibility index (Phi) is 6.96. The van der Waals surface area contributed by atoms with Crippen molar-refractivity contribution < 1.29 is 9.15 Å². The number of aryl methyl sites for hydroxylation is 2. The minimum absolute atomic E-state index is 0.282. The number of nitrogens with zero attached hydrogens (tertiary/aromatic N) is 2. The first-order valence-electron chi connectivity index (χ1n) is 12.1. The van der Waals surface area contributed by atoms with Crippen molar-refractivity contribution in [2.45, 2.75) is 20.5 Å². The number of aliphatic imine (C=N–C) groups is 1. The monoisotopic (exact) mass is 482 g/mol. The summed E-state index contributed by atoms with van der Waals surface area (Å²) in [6.07, 6.45) is 1.70. The Morgan fingerprint density at radius 3 is 2.16 bits per heavy atom. The molecule has 0 bridgehead atoms. The summed E-state index contributed by atoms with van der Waals surface area (Å²) in [5, 5.41) is 10.1. The van der Waals surface area contributed by atoms with Crippen LogP contribution in [-0.4, -0.2) is 6.21 Å². The van der Waals surface area contributed by atoms with Crippen LogP contribution >= 0.6 is 0 Å². The molecule has 0 atom stereocenters. The van der Waals surface area contributed by atoms with Gasteiger partial charge in [0.05, 0.1) is 0 Å². The number of hydrogen-bond donors (Lipinski definition) is 0. The fourth-order valence-electron chi connectivity index (χ4n) is 4.08. The van der Waals surface area contributed by atoms with E-state index in [1.54, 1.807) is 6.21 Å². The van der Waals surface area contributed by atoms with Crippen LogP contribution in [0.15, 0.2) is 113 Å². The van der Waals surface area contributed by atoms with Gasteiger partial charge in [0.25, 0.3) is 0 Å². The van der Waals surface area contributed by atoms with Crippen LogP contribution < -0.4 is 4.74 Å². The minimum atomic E-state index is 0.282. The molecule has 0 aliphatic carbocycles. The molecule has 0 unspecified atom stereocenters. The first kappa shape index (κ1) is 23.8. The normalized spacial score (nSPS) is 10.9. The maximum absolute atomic E-state index is 10.1. The Bertz CT molecular complexity index is 1570. The van der Waals surface area contributed by atoms with E-state index in [2.05, 4.69) is 11.1 Å². The van der Waals surface area contributed by atoms with Crippen LogP contribution in [0.25, 0.3) is 22.5 Å². The van der Waals surface area contributed by atoms with Crippen molar-refractivity contribution in [3.63, 3.8) is 0 Å². The first-order valence-corrected chi connectivity index (χ1v) is 12.1. The average Bonchev–Trinajstić information content (AvgIpc) is 3.31. The topological polar surface area (TPSA) is 58.5 Å². The molecule has 0 aliphatic heterocycles. The molecule has 4 heteroatoms. The smallest absolute Gasteiger partial charge is 0.238 e. The third-order valence-corrected chi connectivity index (χ3v) is 6.09. The van der Waals surface area contributed by atoms with Gasteiger partial charge in [0, 0.05) is 17.3 Å². The molecule has 180 valence electrons. The molecule has 0 saturated carbocycles. The quantitative estimate of drug-likeness (QED) is 0.219. The van der Waals surface area contributed by atoms with Crippen molar-refractivity contribution in [3.05, 3.63) is 131 Å². The zero-order valence-electron chi connectivity index (χ0n) is 20.8. The van der Waals surface area contributed by atoms with Gasteiger partial charge in [0.2, 0.25) is 5.88 Å². The summed E-state index contributed by atoms with van der Waals surface area (Å²) in [7, 11) is 0. The van der Waals surface area contributed by atoms with Gasteiger partial charge in [-0.3, -0.25) is 0 Å². The molecule has 37 heavy (non-hydrogen) atoms. The molecule has 0 saturated heterocycles. The molecule has 4 nitrogen and oxygen atoms in total. The van der Waals surface area contributed by atoms with Crippen molar-refractivity contribution in [1.29, 1.82) is 5.26 Å². The van der Waals surface area contributed by atoms with E-state index in [-0.39, 0.29) is 5.88 Å². The lowest BCUT2D eigenvalue weighted by atomic mass is 9.97. The molecule has 0 radical (unpaired) electrons. The molecular weight excluding hydrogens is 456 g/mol. The zero-order valence-corrected chi connectivity index (χ0v) is 20.8. The number of hydrogen-bond acceptors (Lipinski definition) is 4. The summed E-state index contributed by atoms with van der Waals surface area (Å²) < 4.78 is 12.2. The van der Waals surface area contributed by atoms with Crippen LogP contribution in [0.3, 0.4) is 0 Å². The van der Waals surface area contributed by atoms with E-state index >= 15 is 0 Å². The van der Waals surface area contributed by atoms with Crippen molar-refractivity contribution in [3.8, 4) is 34.3 Å². The van der Waals surface area contributed by atoms with E-state index in [1.807, 2.05) is 117 Å². The summed E-state index contributed by atoms with van der Waals surface area (Å²) in [5.74, 6) is 1.66. The van der Waals surface area contributed by atoms with Gasteiger partial charge in [-0.2, -0.15) is 5.26 Å². The van der Waals surface area contributed by atoms with Crippen LogP contribution in [0.2, 0.25) is 0 Å². The average molecular weight is 483 g/mol. The van der Waals surface area contributed by atoms with Crippen molar-refractivity contribution in [1.82, 2.24) is 0 Å². The van der Waals surface area contributed by atoms with Crippen LogP contribution in [0.4, 0.5) is 5.88 Å². The number of ether oxygens (including phenoxy) is 1. The third kappa shape index (κ3) is 5.52. The number of benzene rings is 4. The molecule has 4 aromatic carbocycles. The second-order valence-electron chi connectivity index (χ2n) is 8.94. The van der Waals surface area contributed by atoms with Gasteiger partial charge in [0.15, 0.2) is 0 Å². The fraction of sp³-hybridized carbons (Fsp3) is 0.0909. The van der Waals surface area contributed by atoms with Crippen LogP contribution in [-0.2, 0) is 6.61 Å². The first-order chi connectivity index (χ1) is 18.1. The number of rotatable bonds is 7. The molecule has 0 N–H and O–H groups in total. The fourth-order valence-corrected chi connectivity index (χ4v) is 4.08. The largest absolute Gasteiger partial charge is 0.489 e. The zero-order chi connectivity index (χ0) is 25.6. The standard InChI is InChI=1S/C33H26N2O2/c1-23-11-15-27(16-12-23)31-30(20-34)33(37-32(31)28-17-13-24(2)14-18-28)35-21-26-9-6-10-29(19-26)36-22-25-7-4-3-5-8-25/h3-19,21H,22H2,1-2H3. The highest BCUT2D eigenvalue weighted by atomic mass is 16.5. The van der Waals surface area contributed by atoms with Gasteiger partial charge >= 0.3 is 0 Å². The highest BCUT2D eigenvalue weighted by Gasteiger charge is 2.22. The predicted octanol–water partition coefficient (Wildman–Crippen LogP) is 8.43. The van der Waals surface area contributed by atoms with Crippen LogP contribution in [0.5, 0.6) is 5.75 Å². The Balaban J connectivity index is 1.49. The number of furan rings is 1. The lowest BCUT2D eigenvalue weighted by Gasteiger charge is -2.06. The van der Waals surface area contributed by atoms with E-state index in [9.17, 15) is 5.26 Å². The van der Waals surface area contributed by atoms with E-state index in [4.69, 9.17) is 9.15 Å². The lowest BCUT2D eigenvalue weighted by molar-refractivity contribution is 0.306. The molecule has 0 aliphatic rings. The summed E-state index contributed by atoms with van der Waals surface area (Å²) in [6, 6.07) is 36.2. The van der Waals surface area contributed by atoms with Crippen molar-refractivity contribution in [2.75, 3.05) is 0 Å². The summed E-state index contributed by atoms with van der Waals surface area (Å²) in [6.45, 7) is 4.57. The SMILES string of the molecule is Cc1ccc(-c2oc(N=Cc3cccc(OCc4ccccc4)c3)c(C#N)c2-c2ccc(C)cc2)cc1. The summed E-state index contributed by atoms with van der Waals surface area (Å²) in [5.41, 5.74) is 7.22. The molecule has 0 amide bonds. The van der Waals surface area contributed by atoms with E-state index in [1.165, 1.54) is 0 Å². The van der Waals surface area contributed by atoms with Crippen LogP contribution in [0.1, 0.15) is 27.8 Å². The highest BCUT2D eigenvalue weighted by molar-refractivity contribution is 5.90. The Morgan fingerprint density at radius 1 is 0.811 bits per heavy atom. The minimum Gasteiger partial charge on any atom is -0.489 e. The van der Waals surface area contributed by atoms with Gasteiger partial charge < -0.3 is 9.15 Å². The van der Waals surface area contributed by atoms with Gasteiger partial charge in [-0.05, 0) is 42.7 Å². The van der Waals surface area contributed by atoms with Crippen LogP contribution in [0, 0.1) is 25.2 Å². The van der Waals surface area contributed by atoms with E-state index in [0.717, 1.165) is 44.7 Å². The highest BCUT2D eigenvalue weighted by Crippen LogP contribution is 2.42. The molecule has 5 rings (SSSR count). The Morgan fingerprint density at radius 2 is 1.49 bits per heavy atom. The third-order valence-electron chi connectivity index (χ3n) is 6.09. The van der Waals surface area contributed by atoms with Gasteiger partial charge in [-0.15, -0.1) is 0 Å². The predicted molar refractivity (Wildman–Crippen MR) is 148 cm³/mol. The number of nitriles is 1. The molecule has 1 heterocycles. The summed E-state index contributed by atoms with van der Waals surface area (Å²) in [4.78, 5) is 4.60.